The molecule has 1 fully saturated rings. The molecule has 0 aromatic heterocycles. The van der Waals surface area contributed by atoms with Gasteiger partial charge in [-0.25, -0.2) is 16.8 Å². The first-order valence-corrected chi connectivity index (χ1v) is 14.4. The van der Waals surface area contributed by atoms with E-state index in [4.69, 9.17) is 27.9 Å². The lowest BCUT2D eigenvalue weighted by Gasteiger charge is -2.33. The Hall–Kier alpha value is -2.65. The molecule has 0 bridgehead atoms. The predicted octanol–water partition coefficient (Wildman–Crippen LogP) is 4.66. The molecule has 188 valence electrons. The first-order valence-electron chi connectivity index (χ1n) is 10.8. The topological polar surface area (TPSA) is 108 Å². The zero-order chi connectivity index (χ0) is 26.1. The van der Waals surface area contributed by atoms with Crippen LogP contribution >= 0.6 is 23.2 Å². The van der Waals surface area contributed by atoms with Gasteiger partial charge in [0.25, 0.3) is 0 Å². The number of ether oxygens (including phenoxy) is 1. The molecule has 0 aliphatic carbocycles. The number of nitriles is 1. The molecule has 0 atom stereocenters. The van der Waals surface area contributed by atoms with Crippen LogP contribution in [0, 0.1) is 18.3 Å². The zero-order valence-corrected chi connectivity index (χ0v) is 22.2. The van der Waals surface area contributed by atoms with Crippen LogP contribution in [-0.2, 0) is 20.0 Å². The average Bonchev–Trinajstić information content (AvgIpc) is 2.84. The highest BCUT2D eigenvalue weighted by Crippen LogP contribution is 2.34. The Kier molecular flexibility index (Phi) is 7.61. The molecular formula is C24H21Cl2N3O5S2. The molecule has 0 radical (unpaired) electrons. The van der Waals surface area contributed by atoms with Crippen molar-refractivity contribution in [3.05, 3.63) is 81.8 Å². The summed E-state index contributed by atoms with van der Waals surface area (Å²) in [5, 5.41) is 9.95. The van der Waals surface area contributed by atoms with E-state index in [1.807, 2.05) is 13.0 Å². The number of hydrogen-bond acceptors (Lipinski definition) is 6. The van der Waals surface area contributed by atoms with E-state index in [2.05, 4.69) is 0 Å². The number of piperazine rings is 1. The van der Waals surface area contributed by atoms with Gasteiger partial charge in [0.05, 0.1) is 16.5 Å². The normalized spacial score (nSPS) is 15.4. The maximum atomic E-state index is 13.6. The number of nitrogens with zero attached hydrogens (tertiary/aromatic N) is 3. The summed E-state index contributed by atoms with van der Waals surface area (Å²) in [5.74, 6) is 0.213. The summed E-state index contributed by atoms with van der Waals surface area (Å²) in [6.45, 7) is 1.69. The Morgan fingerprint density at radius 3 is 1.92 bits per heavy atom. The molecule has 3 aromatic rings. The summed E-state index contributed by atoms with van der Waals surface area (Å²) in [7, 11) is -7.90. The SMILES string of the molecule is Cc1ccc(S(=O)(=O)N2CCN(S(=O)(=O)c3cc(C#N)ccc3Oc3cc(Cl)cc(Cl)c3)CC2)cc1. The van der Waals surface area contributed by atoms with Crippen molar-refractivity contribution in [3.63, 3.8) is 0 Å². The Morgan fingerprint density at radius 2 is 1.36 bits per heavy atom. The van der Waals surface area contributed by atoms with Crippen LogP contribution in [0.25, 0.3) is 0 Å². The van der Waals surface area contributed by atoms with Crippen LogP contribution in [0.3, 0.4) is 0 Å². The van der Waals surface area contributed by atoms with E-state index in [0.29, 0.717) is 10.0 Å². The molecule has 0 unspecified atom stereocenters. The summed E-state index contributed by atoms with van der Waals surface area (Å²) in [4.78, 5) is -0.0607. The fraction of sp³-hybridized carbons (Fsp3) is 0.208. The molecule has 0 saturated carbocycles. The highest BCUT2D eigenvalue weighted by molar-refractivity contribution is 7.89. The number of aryl methyl sites for hydroxylation is 1. The van der Waals surface area contributed by atoms with E-state index in [1.165, 1.54) is 57.1 Å². The van der Waals surface area contributed by atoms with E-state index in [-0.39, 0.29) is 53.0 Å². The van der Waals surface area contributed by atoms with Crippen molar-refractivity contribution in [1.29, 1.82) is 5.26 Å². The Balaban J connectivity index is 1.60. The van der Waals surface area contributed by atoms with Crippen molar-refractivity contribution in [1.82, 2.24) is 8.61 Å². The molecular weight excluding hydrogens is 545 g/mol. The number of benzene rings is 3. The molecule has 1 aliphatic heterocycles. The van der Waals surface area contributed by atoms with Gasteiger partial charge in [0.15, 0.2) is 0 Å². The minimum atomic E-state index is -4.14. The fourth-order valence-electron chi connectivity index (χ4n) is 3.73. The van der Waals surface area contributed by atoms with Gasteiger partial charge in [-0.1, -0.05) is 40.9 Å². The molecule has 1 aliphatic rings. The van der Waals surface area contributed by atoms with Gasteiger partial charge in [-0.2, -0.15) is 13.9 Å². The van der Waals surface area contributed by atoms with Gasteiger partial charge in [0.1, 0.15) is 16.4 Å². The van der Waals surface area contributed by atoms with Gasteiger partial charge < -0.3 is 4.74 Å². The Bertz CT molecular complexity index is 1530. The van der Waals surface area contributed by atoms with Crippen LogP contribution in [0.5, 0.6) is 11.5 Å². The smallest absolute Gasteiger partial charge is 0.246 e. The second-order valence-electron chi connectivity index (χ2n) is 8.10. The molecule has 0 N–H and O–H groups in total. The molecule has 36 heavy (non-hydrogen) atoms. The number of halogens is 2. The highest BCUT2D eigenvalue weighted by Gasteiger charge is 2.35. The van der Waals surface area contributed by atoms with Gasteiger partial charge in [-0.3, -0.25) is 0 Å². The van der Waals surface area contributed by atoms with Crippen LogP contribution in [0.4, 0.5) is 0 Å². The third-order valence-corrected chi connectivity index (χ3v) is 9.88. The number of hydrogen-bond donors (Lipinski definition) is 0. The summed E-state index contributed by atoms with van der Waals surface area (Å²) < 4.78 is 61.4. The lowest BCUT2D eigenvalue weighted by molar-refractivity contribution is 0.272. The standard InChI is InChI=1S/C24H21Cl2N3O5S2/c1-17-2-5-22(6-3-17)35(30,31)28-8-10-29(11-9-28)36(32,33)24-12-18(16-27)4-7-23(24)34-21-14-19(25)13-20(26)15-21/h2-7,12-15H,8-11H2,1H3. The third-order valence-electron chi connectivity index (χ3n) is 5.61. The monoisotopic (exact) mass is 565 g/mol. The summed E-state index contributed by atoms with van der Waals surface area (Å²) in [6.07, 6.45) is 0. The third kappa shape index (κ3) is 5.52. The minimum Gasteiger partial charge on any atom is -0.456 e. The van der Waals surface area contributed by atoms with Crippen molar-refractivity contribution in [2.24, 2.45) is 0 Å². The lowest BCUT2D eigenvalue weighted by Crippen LogP contribution is -2.50. The van der Waals surface area contributed by atoms with E-state index in [1.54, 1.807) is 12.1 Å². The predicted molar refractivity (Wildman–Crippen MR) is 136 cm³/mol. The van der Waals surface area contributed by atoms with Crippen LogP contribution < -0.4 is 4.74 Å². The van der Waals surface area contributed by atoms with Crippen molar-refractivity contribution in [2.75, 3.05) is 26.2 Å². The molecule has 3 aromatic carbocycles. The van der Waals surface area contributed by atoms with E-state index in [0.717, 1.165) is 5.56 Å². The molecule has 12 heteroatoms. The van der Waals surface area contributed by atoms with Gasteiger partial charge in [-0.15, -0.1) is 0 Å². The largest absolute Gasteiger partial charge is 0.456 e. The zero-order valence-electron chi connectivity index (χ0n) is 19.1. The van der Waals surface area contributed by atoms with E-state index in [9.17, 15) is 22.1 Å². The van der Waals surface area contributed by atoms with Gasteiger partial charge >= 0.3 is 0 Å². The maximum absolute atomic E-state index is 13.6. The first-order chi connectivity index (χ1) is 17.0. The Labute approximate surface area is 220 Å². The number of rotatable bonds is 6. The molecule has 4 rings (SSSR count). The van der Waals surface area contributed by atoms with E-state index >= 15 is 0 Å². The van der Waals surface area contributed by atoms with Gasteiger partial charge in [0.2, 0.25) is 20.0 Å². The summed E-state index contributed by atoms with van der Waals surface area (Å²) >= 11 is 12.1. The molecule has 0 spiro atoms. The Morgan fingerprint density at radius 1 is 0.806 bits per heavy atom. The van der Waals surface area contributed by atoms with E-state index < -0.39 is 20.0 Å². The van der Waals surface area contributed by atoms with Gasteiger partial charge in [-0.05, 0) is 55.5 Å². The van der Waals surface area contributed by atoms with Crippen LogP contribution in [0.15, 0.2) is 70.5 Å². The minimum absolute atomic E-state index is 0.0120. The number of sulfonamides is 2. The fourth-order valence-corrected chi connectivity index (χ4v) is 7.22. The second kappa shape index (κ2) is 10.4. The summed E-state index contributed by atoms with van der Waals surface area (Å²) in [5.41, 5.74) is 1.06. The molecule has 1 heterocycles. The van der Waals surface area contributed by atoms with Crippen molar-refractivity contribution in [2.45, 2.75) is 16.7 Å². The van der Waals surface area contributed by atoms with Crippen molar-refractivity contribution < 1.29 is 21.6 Å². The van der Waals surface area contributed by atoms with Crippen LogP contribution in [-0.4, -0.2) is 51.6 Å². The first kappa shape index (κ1) is 26.4. The van der Waals surface area contributed by atoms with Crippen LogP contribution in [0.2, 0.25) is 10.0 Å². The van der Waals surface area contributed by atoms with Crippen molar-refractivity contribution >= 4 is 43.2 Å². The molecule has 8 nitrogen and oxygen atoms in total. The molecule has 1 saturated heterocycles. The summed E-state index contributed by atoms with van der Waals surface area (Å²) in [6, 6.07) is 17.0. The molecule has 0 amide bonds. The van der Waals surface area contributed by atoms with Gasteiger partial charge in [0, 0.05) is 36.2 Å². The lowest BCUT2D eigenvalue weighted by atomic mass is 10.2. The van der Waals surface area contributed by atoms with Crippen molar-refractivity contribution in [3.8, 4) is 17.6 Å². The average molecular weight is 566 g/mol. The quantitative estimate of drug-likeness (QED) is 0.430. The second-order valence-corrected chi connectivity index (χ2v) is 12.8. The highest BCUT2D eigenvalue weighted by atomic mass is 35.5. The van der Waals surface area contributed by atoms with Crippen LogP contribution in [0.1, 0.15) is 11.1 Å². The maximum Gasteiger partial charge on any atom is 0.246 e.